The molecule has 2 rings (SSSR count). The lowest BCUT2D eigenvalue weighted by Crippen LogP contribution is -1.85. The maximum Gasteiger partial charge on any atom is -0.00941 e. The molecular formula is C12H12. The summed E-state index contributed by atoms with van der Waals surface area (Å²) >= 11 is 0. The second kappa shape index (κ2) is 2.98. The van der Waals surface area contributed by atoms with Crippen LogP contribution in [0.5, 0.6) is 0 Å². The minimum absolute atomic E-state index is 1.13. The molecule has 12 heavy (non-hydrogen) atoms. The van der Waals surface area contributed by atoms with Crippen molar-refractivity contribution in [3.8, 4) is 0 Å². The Hall–Kier alpha value is -1.30. The summed E-state index contributed by atoms with van der Waals surface area (Å²) in [6.07, 6.45) is 7.72. The average Bonchev–Trinajstić information content (AvgIpc) is 2.00. The van der Waals surface area contributed by atoms with Gasteiger partial charge in [0.15, 0.2) is 0 Å². The van der Waals surface area contributed by atoms with Crippen LogP contribution in [0.2, 0.25) is 0 Å². The van der Waals surface area contributed by atoms with Crippen molar-refractivity contribution in [1.82, 2.24) is 0 Å². The standard InChI is InChI=1S/C12H12/c1-10-5-7-12(8-6-10)9-11-3-2-4-11/h2-3,5-9H,4H2,1H3/b11-9-. The fraction of sp³-hybridized carbons (Fsp3) is 0.167. The molecule has 0 fully saturated rings. The molecule has 0 heterocycles. The first-order chi connectivity index (χ1) is 5.84. The van der Waals surface area contributed by atoms with Crippen LogP contribution in [0.3, 0.4) is 0 Å². The van der Waals surface area contributed by atoms with Crippen LogP contribution in [0.15, 0.2) is 42.0 Å². The maximum absolute atomic E-state index is 2.24. The van der Waals surface area contributed by atoms with Crippen LogP contribution in [0.1, 0.15) is 17.5 Å². The summed E-state index contributed by atoms with van der Waals surface area (Å²) in [4.78, 5) is 0. The highest BCUT2D eigenvalue weighted by Gasteiger charge is 1.98. The Balaban J connectivity index is 2.24. The summed E-state index contributed by atoms with van der Waals surface area (Å²) in [7, 11) is 0. The molecule has 0 saturated carbocycles. The normalized spacial score (nSPS) is 17.9. The van der Waals surface area contributed by atoms with E-state index < -0.39 is 0 Å². The van der Waals surface area contributed by atoms with Crippen LogP contribution in [0, 0.1) is 6.92 Å². The summed E-state index contributed by atoms with van der Waals surface area (Å²) in [6, 6.07) is 8.62. The van der Waals surface area contributed by atoms with E-state index in [0.29, 0.717) is 0 Å². The minimum atomic E-state index is 1.13. The largest absolute Gasteiger partial charge is 0.0798 e. The van der Waals surface area contributed by atoms with Gasteiger partial charge in [0.25, 0.3) is 0 Å². The first kappa shape index (κ1) is 7.35. The van der Waals surface area contributed by atoms with Crippen molar-refractivity contribution in [2.45, 2.75) is 13.3 Å². The number of hydrogen-bond acceptors (Lipinski definition) is 0. The Morgan fingerprint density at radius 3 is 2.33 bits per heavy atom. The molecule has 60 valence electrons. The van der Waals surface area contributed by atoms with E-state index in [1.165, 1.54) is 16.7 Å². The molecule has 0 unspecified atom stereocenters. The van der Waals surface area contributed by atoms with Gasteiger partial charge < -0.3 is 0 Å². The van der Waals surface area contributed by atoms with Crippen molar-refractivity contribution in [1.29, 1.82) is 0 Å². The molecule has 0 N–H and O–H groups in total. The van der Waals surface area contributed by atoms with Gasteiger partial charge >= 0.3 is 0 Å². The molecule has 0 heteroatoms. The number of benzene rings is 1. The molecule has 0 radical (unpaired) electrons. The van der Waals surface area contributed by atoms with Crippen molar-refractivity contribution in [2.75, 3.05) is 0 Å². The predicted molar refractivity (Wildman–Crippen MR) is 52.9 cm³/mol. The number of aryl methyl sites for hydroxylation is 1. The summed E-state index contributed by atoms with van der Waals surface area (Å²) in [6.45, 7) is 2.11. The zero-order valence-electron chi connectivity index (χ0n) is 7.25. The van der Waals surface area contributed by atoms with Gasteiger partial charge in [0.1, 0.15) is 0 Å². The van der Waals surface area contributed by atoms with Gasteiger partial charge in [-0.05, 0) is 24.5 Å². The van der Waals surface area contributed by atoms with Gasteiger partial charge in [0.05, 0.1) is 0 Å². The third kappa shape index (κ3) is 1.48. The lowest BCUT2D eigenvalue weighted by molar-refractivity contribution is 1.21. The van der Waals surface area contributed by atoms with Crippen LogP contribution in [-0.4, -0.2) is 0 Å². The maximum atomic E-state index is 2.24. The first-order valence-electron chi connectivity index (χ1n) is 4.28. The second-order valence-corrected chi connectivity index (χ2v) is 3.24. The van der Waals surface area contributed by atoms with Gasteiger partial charge in [-0.1, -0.05) is 48.1 Å². The zero-order chi connectivity index (χ0) is 8.39. The Morgan fingerprint density at radius 1 is 1.17 bits per heavy atom. The van der Waals surface area contributed by atoms with Crippen molar-refractivity contribution < 1.29 is 0 Å². The highest BCUT2D eigenvalue weighted by Crippen LogP contribution is 2.18. The Morgan fingerprint density at radius 2 is 1.83 bits per heavy atom. The van der Waals surface area contributed by atoms with Gasteiger partial charge in [-0.15, -0.1) is 0 Å². The predicted octanol–water partition coefficient (Wildman–Crippen LogP) is 3.34. The van der Waals surface area contributed by atoms with Crippen LogP contribution >= 0.6 is 0 Å². The molecule has 0 spiro atoms. The first-order valence-corrected chi connectivity index (χ1v) is 4.28. The van der Waals surface area contributed by atoms with Gasteiger partial charge in [-0.2, -0.15) is 0 Å². The van der Waals surface area contributed by atoms with Crippen LogP contribution in [-0.2, 0) is 0 Å². The number of hydrogen-bond donors (Lipinski definition) is 0. The second-order valence-electron chi connectivity index (χ2n) is 3.24. The quantitative estimate of drug-likeness (QED) is 0.585. The molecular weight excluding hydrogens is 144 g/mol. The highest BCUT2D eigenvalue weighted by atomic mass is 14.0. The molecule has 0 nitrogen and oxygen atoms in total. The van der Waals surface area contributed by atoms with Crippen molar-refractivity contribution in [2.24, 2.45) is 0 Å². The van der Waals surface area contributed by atoms with Crippen molar-refractivity contribution in [3.63, 3.8) is 0 Å². The average molecular weight is 156 g/mol. The van der Waals surface area contributed by atoms with E-state index in [0.717, 1.165) is 6.42 Å². The number of rotatable bonds is 1. The number of allylic oxidation sites excluding steroid dienone is 3. The Kier molecular flexibility index (Phi) is 1.83. The van der Waals surface area contributed by atoms with E-state index in [4.69, 9.17) is 0 Å². The smallest absolute Gasteiger partial charge is 0.00941 e. The zero-order valence-corrected chi connectivity index (χ0v) is 7.25. The van der Waals surface area contributed by atoms with E-state index in [-0.39, 0.29) is 0 Å². The van der Waals surface area contributed by atoms with E-state index in [1.807, 2.05) is 0 Å². The summed E-state index contributed by atoms with van der Waals surface area (Å²) in [5.74, 6) is 0. The van der Waals surface area contributed by atoms with Crippen LogP contribution in [0.25, 0.3) is 6.08 Å². The fourth-order valence-electron chi connectivity index (χ4n) is 1.24. The Labute approximate surface area is 73.2 Å². The Bertz CT molecular complexity index is 326. The molecule has 0 atom stereocenters. The molecule has 0 aliphatic heterocycles. The van der Waals surface area contributed by atoms with Gasteiger partial charge in [-0.3, -0.25) is 0 Å². The molecule has 0 saturated heterocycles. The van der Waals surface area contributed by atoms with Gasteiger partial charge in [-0.25, -0.2) is 0 Å². The monoisotopic (exact) mass is 156 g/mol. The summed E-state index contributed by atoms with van der Waals surface area (Å²) in [5.41, 5.74) is 4.06. The van der Waals surface area contributed by atoms with Gasteiger partial charge in [0, 0.05) is 0 Å². The molecule has 0 aromatic heterocycles. The SMILES string of the molecule is Cc1ccc(/C=C2/C=CC2)cc1. The highest BCUT2D eigenvalue weighted by molar-refractivity contribution is 5.59. The van der Waals surface area contributed by atoms with E-state index in [2.05, 4.69) is 49.4 Å². The summed E-state index contributed by atoms with van der Waals surface area (Å²) in [5, 5.41) is 0. The van der Waals surface area contributed by atoms with Crippen LogP contribution < -0.4 is 0 Å². The molecule has 1 aromatic rings. The third-order valence-corrected chi connectivity index (χ3v) is 2.11. The van der Waals surface area contributed by atoms with E-state index >= 15 is 0 Å². The topological polar surface area (TPSA) is 0 Å². The molecule has 1 aliphatic carbocycles. The lowest BCUT2D eigenvalue weighted by Gasteiger charge is -2.06. The lowest BCUT2D eigenvalue weighted by atomic mass is 10.00. The summed E-state index contributed by atoms with van der Waals surface area (Å²) < 4.78 is 0. The van der Waals surface area contributed by atoms with Crippen molar-refractivity contribution >= 4 is 6.08 Å². The molecule has 1 aromatic carbocycles. The van der Waals surface area contributed by atoms with Gasteiger partial charge in [0.2, 0.25) is 0 Å². The molecule has 1 aliphatic rings. The third-order valence-electron chi connectivity index (χ3n) is 2.11. The minimum Gasteiger partial charge on any atom is -0.0798 e. The fourth-order valence-corrected chi connectivity index (χ4v) is 1.24. The van der Waals surface area contributed by atoms with Crippen molar-refractivity contribution in [3.05, 3.63) is 53.1 Å². The van der Waals surface area contributed by atoms with Crippen LogP contribution in [0.4, 0.5) is 0 Å². The molecule has 0 amide bonds. The van der Waals surface area contributed by atoms with E-state index in [9.17, 15) is 0 Å². The molecule has 0 bridgehead atoms. The van der Waals surface area contributed by atoms with E-state index in [1.54, 1.807) is 0 Å².